The first-order valence-corrected chi connectivity index (χ1v) is 10.3. The van der Waals surface area contributed by atoms with Crippen LogP contribution in [-0.2, 0) is 4.74 Å². The molecule has 1 fully saturated rings. The number of rotatable bonds is 5. The maximum atomic E-state index is 13.0. The highest BCUT2D eigenvalue weighted by molar-refractivity contribution is 5.96. The number of amides is 1. The molecule has 1 atom stereocenters. The van der Waals surface area contributed by atoms with E-state index in [0.29, 0.717) is 34.7 Å². The lowest BCUT2D eigenvalue weighted by atomic mass is 10.0. The van der Waals surface area contributed by atoms with Crippen molar-refractivity contribution in [3.63, 3.8) is 0 Å². The average Bonchev–Trinajstić information content (AvgIpc) is 3.25. The van der Waals surface area contributed by atoms with Crippen LogP contribution in [0.2, 0.25) is 0 Å². The Balaban J connectivity index is 1.76. The molecule has 6 nitrogen and oxygen atoms in total. The molecule has 3 aromatic rings. The normalized spacial score (nSPS) is 17.0. The van der Waals surface area contributed by atoms with Gasteiger partial charge in [-0.05, 0) is 54.7 Å². The first-order valence-electron chi connectivity index (χ1n) is 10.3. The second-order valence-electron chi connectivity index (χ2n) is 7.89. The molecular formula is C24H26N2O4. The van der Waals surface area contributed by atoms with Gasteiger partial charge >= 0.3 is 0 Å². The van der Waals surface area contributed by atoms with Gasteiger partial charge in [0.2, 0.25) is 5.55 Å². The molecule has 30 heavy (non-hydrogen) atoms. The quantitative estimate of drug-likeness (QED) is 0.658. The summed E-state index contributed by atoms with van der Waals surface area (Å²) in [6.45, 7) is 5.43. The van der Waals surface area contributed by atoms with Gasteiger partial charge in [0, 0.05) is 24.6 Å². The van der Waals surface area contributed by atoms with Crippen LogP contribution in [0.15, 0.2) is 57.9 Å². The van der Waals surface area contributed by atoms with Gasteiger partial charge in [0.1, 0.15) is 16.9 Å². The summed E-state index contributed by atoms with van der Waals surface area (Å²) in [6.07, 6.45) is 2.01. The molecule has 4 rings (SSSR count). The molecule has 1 amide bonds. The standard InChI is InChI=1S/C24H26N2O4/c1-15(2)16-5-3-6-18(11-16)26-24-21(23(28)25-14-20-7-4-10-29-20)12-17-8-9-19(27)13-22(17)30-24/h3,5-6,8-9,11-13,15,20,27H,4,7,10,14H2,1-2H3,(H,25,28). The molecule has 1 aromatic heterocycles. The fourth-order valence-corrected chi connectivity index (χ4v) is 3.53. The van der Waals surface area contributed by atoms with E-state index in [4.69, 9.17) is 9.15 Å². The van der Waals surface area contributed by atoms with E-state index >= 15 is 0 Å². The third-order valence-electron chi connectivity index (χ3n) is 5.26. The van der Waals surface area contributed by atoms with Crippen LogP contribution in [0.5, 0.6) is 5.75 Å². The number of aromatic hydroxyl groups is 1. The number of phenols is 1. The maximum Gasteiger partial charge on any atom is 0.256 e. The van der Waals surface area contributed by atoms with Crippen LogP contribution in [0.3, 0.4) is 0 Å². The monoisotopic (exact) mass is 406 g/mol. The maximum absolute atomic E-state index is 13.0. The van der Waals surface area contributed by atoms with E-state index in [1.165, 1.54) is 6.07 Å². The Morgan fingerprint density at radius 1 is 1.23 bits per heavy atom. The number of nitrogens with one attached hydrogen (secondary N) is 1. The van der Waals surface area contributed by atoms with E-state index in [1.54, 1.807) is 18.2 Å². The zero-order chi connectivity index (χ0) is 21.1. The van der Waals surface area contributed by atoms with Gasteiger partial charge in [-0.15, -0.1) is 0 Å². The Bertz CT molecular complexity index is 1130. The minimum absolute atomic E-state index is 0.0476. The predicted molar refractivity (Wildman–Crippen MR) is 115 cm³/mol. The molecule has 0 aliphatic carbocycles. The Hall–Kier alpha value is -3.12. The molecule has 2 aromatic carbocycles. The number of benzene rings is 2. The van der Waals surface area contributed by atoms with Crippen molar-refractivity contribution in [1.82, 2.24) is 5.32 Å². The fourth-order valence-electron chi connectivity index (χ4n) is 3.53. The Kier molecular flexibility index (Phi) is 5.86. The van der Waals surface area contributed by atoms with Gasteiger partial charge in [-0.2, -0.15) is 0 Å². The van der Waals surface area contributed by atoms with E-state index in [-0.39, 0.29) is 23.3 Å². The summed E-state index contributed by atoms with van der Waals surface area (Å²) in [5, 5.41) is 13.5. The highest BCUT2D eigenvalue weighted by Crippen LogP contribution is 2.22. The van der Waals surface area contributed by atoms with E-state index in [1.807, 2.05) is 18.2 Å². The highest BCUT2D eigenvalue weighted by Gasteiger charge is 2.18. The second-order valence-corrected chi connectivity index (χ2v) is 7.89. The van der Waals surface area contributed by atoms with Crippen molar-refractivity contribution < 1.29 is 19.1 Å². The van der Waals surface area contributed by atoms with Crippen molar-refractivity contribution in [3.05, 3.63) is 65.2 Å². The number of carbonyl (C=O) groups is 1. The van der Waals surface area contributed by atoms with Crippen molar-refractivity contribution in [2.45, 2.75) is 38.7 Å². The number of hydrogen-bond acceptors (Lipinski definition) is 5. The second kappa shape index (κ2) is 8.71. The van der Waals surface area contributed by atoms with Crippen LogP contribution in [0.1, 0.15) is 48.5 Å². The van der Waals surface area contributed by atoms with Gasteiger partial charge in [-0.1, -0.05) is 26.0 Å². The van der Waals surface area contributed by atoms with E-state index in [9.17, 15) is 9.90 Å². The number of hydrogen-bond donors (Lipinski definition) is 2. The molecule has 6 heteroatoms. The third-order valence-corrected chi connectivity index (χ3v) is 5.26. The summed E-state index contributed by atoms with van der Waals surface area (Å²) in [4.78, 5) is 17.6. The van der Waals surface area contributed by atoms with Gasteiger partial charge in [-0.3, -0.25) is 4.79 Å². The van der Waals surface area contributed by atoms with Crippen LogP contribution < -0.4 is 10.9 Å². The minimum atomic E-state index is -0.261. The molecule has 1 aliphatic rings. The average molecular weight is 406 g/mol. The molecule has 0 saturated carbocycles. The van der Waals surface area contributed by atoms with E-state index in [0.717, 1.165) is 25.0 Å². The summed E-state index contributed by atoms with van der Waals surface area (Å²) in [5.41, 5.74) is 2.88. The molecule has 0 bridgehead atoms. The number of ether oxygens (including phenoxy) is 1. The molecule has 1 unspecified atom stereocenters. The molecule has 1 aliphatic heterocycles. The first kappa shape index (κ1) is 20.2. The fraction of sp³-hybridized carbons (Fsp3) is 0.333. The first-order chi connectivity index (χ1) is 14.5. The summed E-state index contributed by atoms with van der Waals surface area (Å²) >= 11 is 0. The van der Waals surface area contributed by atoms with Crippen molar-refractivity contribution in [2.24, 2.45) is 4.99 Å². The Morgan fingerprint density at radius 3 is 2.87 bits per heavy atom. The highest BCUT2D eigenvalue weighted by atomic mass is 16.5. The molecular weight excluding hydrogens is 380 g/mol. The topological polar surface area (TPSA) is 84.1 Å². The molecule has 0 radical (unpaired) electrons. The zero-order valence-corrected chi connectivity index (χ0v) is 17.2. The SMILES string of the molecule is CC(C)c1cccc(N=c2oc3cc(O)ccc3cc2C(=O)NCC2CCCO2)c1. The van der Waals surface area contributed by atoms with Gasteiger partial charge < -0.3 is 19.6 Å². The molecule has 1 saturated heterocycles. The number of fused-ring (bicyclic) bond motifs is 1. The van der Waals surface area contributed by atoms with E-state index < -0.39 is 0 Å². The largest absolute Gasteiger partial charge is 0.508 e. The number of nitrogens with zero attached hydrogens (tertiary/aromatic N) is 1. The van der Waals surface area contributed by atoms with Gasteiger partial charge in [0.25, 0.3) is 5.91 Å². The number of phenolic OH excluding ortho intramolecular Hbond substituents is 1. The Morgan fingerprint density at radius 2 is 2.10 bits per heavy atom. The van der Waals surface area contributed by atoms with Crippen LogP contribution in [0, 0.1) is 0 Å². The molecule has 2 heterocycles. The summed E-state index contributed by atoms with van der Waals surface area (Å²) in [5.74, 6) is 0.192. The van der Waals surface area contributed by atoms with Crippen molar-refractivity contribution in [3.8, 4) is 5.75 Å². The predicted octanol–water partition coefficient (Wildman–Crippen LogP) is 4.40. The van der Waals surface area contributed by atoms with Gasteiger partial charge in [0.05, 0.1) is 11.8 Å². The lowest BCUT2D eigenvalue weighted by molar-refractivity contribution is 0.0854. The summed E-state index contributed by atoms with van der Waals surface area (Å²) in [7, 11) is 0. The van der Waals surface area contributed by atoms with Crippen molar-refractivity contribution >= 4 is 22.6 Å². The lowest BCUT2D eigenvalue weighted by Gasteiger charge is -2.11. The number of carbonyl (C=O) groups excluding carboxylic acids is 1. The van der Waals surface area contributed by atoms with Gasteiger partial charge in [0.15, 0.2) is 0 Å². The Labute approximate surface area is 175 Å². The van der Waals surface area contributed by atoms with Crippen LogP contribution in [0.4, 0.5) is 5.69 Å². The summed E-state index contributed by atoms with van der Waals surface area (Å²) < 4.78 is 11.5. The molecule has 2 N–H and O–H groups in total. The summed E-state index contributed by atoms with van der Waals surface area (Å²) in [6, 6.07) is 14.4. The van der Waals surface area contributed by atoms with Crippen LogP contribution >= 0.6 is 0 Å². The lowest BCUT2D eigenvalue weighted by Crippen LogP contribution is -2.34. The van der Waals surface area contributed by atoms with Crippen molar-refractivity contribution in [1.29, 1.82) is 0 Å². The van der Waals surface area contributed by atoms with Crippen LogP contribution in [-0.4, -0.2) is 30.3 Å². The molecule has 0 spiro atoms. The minimum Gasteiger partial charge on any atom is -0.508 e. The smallest absolute Gasteiger partial charge is 0.256 e. The van der Waals surface area contributed by atoms with Crippen molar-refractivity contribution in [2.75, 3.05) is 13.2 Å². The van der Waals surface area contributed by atoms with Gasteiger partial charge in [-0.25, -0.2) is 4.99 Å². The van der Waals surface area contributed by atoms with Crippen LogP contribution in [0.25, 0.3) is 11.0 Å². The van der Waals surface area contributed by atoms with E-state index in [2.05, 4.69) is 30.2 Å². The molecule has 156 valence electrons. The zero-order valence-electron chi connectivity index (χ0n) is 17.2. The third kappa shape index (κ3) is 4.54.